The number of aromatic nitrogens is 3. The van der Waals surface area contributed by atoms with Crippen LogP contribution in [-0.4, -0.2) is 76.4 Å². The van der Waals surface area contributed by atoms with E-state index in [-0.39, 0.29) is 25.5 Å². The van der Waals surface area contributed by atoms with Gasteiger partial charge in [-0.3, -0.25) is 0 Å². The SMILES string of the molecule is COC(=O)[C@H]1COC(=O)N1C(=O)OC[C@@H]1CC(C=O)[C@H](c2ccc3c(N)ncnn23)O1. The Bertz CT molecular complexity index is 1040. The molecule has 2 aromatic rings. The summed E-state index contributed by atoms with van der Waals surface area (Å²) in [4.78, 5) is 52.0. The smallest absolute Gasteiger partial charge is 0.420 e. The molecule has 13 heteroatoms. The van der Waals surface area contributed by atoms with E-state index >= 15 is 0 Å². The molecule has 2 N–H and O–H groups in total. The van der Waals surface area contributed by atoms with Gasteiger partial charge in [0, 0.05) is 5.92 Å². The van der Waals surface area contributed by atoms with Gasteiger partial charge >= 0.3 is 18.2 Å². The Morgan fingerprint density at radius 1 is 1.39 bits per heavy atom. The Kier molecular flexibility index (Phi) is 5.42. The van der Waals surface area contributed by atoms with E-state index in [0.29, 0.717) is 16.1 Å². The largest absolute Gasteiger partial charge is 0.467 e. The van der Waals surface area contributed by atoms with E-state index in [1.807, 2.05) is 0 Å². The lowest BCUT2D eigenvalue weighted by molar-refractivity contribution is -0.144. The fourth-order valence-electron chi connectivity index (χ4n) is 3.67. The molecule has 4 rings (SSSR count). The van der Waals surface area contributed by atoms with Gasteiger partial charge in [0.15, 0.2) is 11.9 Å². The van der Waals surface area contributed by atoms with Crippen LogP contribution in [0.3, 0.4) is 0 Å². The maximum Gasteiger partial charge on any atom is 0.420 e. The Morgan fingerprint density at radius 2 is 2.19 bits per heavy atom. The number of ether oxygens (including phenoxy) is 4. The van der Waals surface area contributed by atoms with E-state index in [4.69, 9.17) is 19.9 Å². The highest BCUT2D eigenvalue weighted by Crippen LogP contribution is 2.38. The third-order valence-electron chi connectivity index (χ3n) is 5.18. The highest BCUT2D eigenvalue weighted by atomic mass is 16.6. The number of hydrogen-bond donors (Lipinski definition) is 1. The summed E-state index contributed by atoms with van der Waals surface area (Å²) in [6.07, 6.45) is -0.999. The second-order valence-corrected chi connectivity index (χ2v) is 6.98. The van der Waals surface area contributed by atoms with Crippen LogP contribution in [0.25, 0.3) is 5.52 Å². The van der Waals surface area contributed by atoms with Gasteiger partial charge in [-0.15, -0.1) is 0 Å². The molecule has 13 nitrogen and oxygen atoms in total. The average molecular weight is 433 g/mol. The lowest BCUT2D eigenvalue weighted by atomic mass is 9.99. The van der Waals surface area contributed by atoms with Crippen LogP contribution < -0.4 is 5.73 Å². The molecule has 2 aliphatic heterocycles. The van der Waals surface area contributed by atoms with E-state index in [0.717, 1.165) is 13.4 Å². The molecule has 2 amide bonds. The number of nitrogens with two attached hydrogens (primary N) is 1. The Balaban J connectivity index is 1.44. The summed E-state index contributed by atoms with van der Waals surface area (Å²) < 4.78 is 21.9. The van der Waals surface area contributed by atoms with Crippen molar-refractivity contribution in [1.29, 1.82) is 0 Å². The molecule has 4 atom stereocenters. The molecule has 0 bridgehead atoms. The standard InChI is InChI=1S/C18H19N5O8/c1-28-16(25)13-7-30-18(27)22(13)17(26)29-6-10-4-9(5-24)14(31-10)11-2-3-12-15(19)20-8-21-23(11)12/h2-3,5,8-10,13-14H,4,6-7H2,1H3,(H2,19,20,21)/t9?,10-,13+,14+/m0/s1. The summed E-state index contributed by atoms with van der Waals surface area (Å²) >= 11 is 0. The number of fused-ring (bicyclic) bond motifs is 1. The van der Waals surface area contributed by atoms with Gasteiger partial charge in [0.1, 0.15) is 37.4 Å². The van der Waals surface area contributed by atoms with E-state index in [1.54, 1.807) is 16.6 Å². The van der Waals surface area contributed by atoms with Crippen LogP contribution in [0.4, 0.5) is 15.4 Å². The first-order valence-corrected chi connectivity index (χ1v) is 9.34. The third-order valence-corrected chi connectivity index (χ3v) is 5.18. The number of methoxy groups -OCH3 is 1. The summed E-state index contributed by atoms with van der Waals surface area (Å²) in [5, 5.41) is 4.15. The first-order valence-electron chi connectivity index (χ1n) is 9.34. The highest BCUT2D eigenvalue weighted by Gasteiger charge is 2.45. The molecule has 0 spiro atoms. The van der Waals surface area contributed by atoms with Crippen molar-refractivity contribution in [3.05, 3.63) is 24.2 Å². The Labute approximate surface area is 175 Å². The summed E-state index contributed by atoms with van der Waals surface area (Å²) in [6.45, 7) is -0.556. The van der Waals surface area contributed by atoms with Crippen LogP contribution in [0.15, 0.2) is 18.5 Å². The van der Waals surface area contributed by atoms with Crippen LogP contribution >= 0.6 is 0 Å². The molecule has 2 saturated heterocycles. The van der Waals surface area contributed by atoms with Gasteiger partial charge in [-0.05, 0) is 18.6 Å². The predicted octanol–water partition coefficient (Wildman–Crippen LogP) is 0.0870. The van der Waals surface area contributed by atoms with E-state index in [9.17, 15) is 19.2 Å². The second kappa shape index (κ2) is 8.18. The van der Waals surface area contributed by atoms with E-state index < -0.39 is 42.3 Å². The number of carbonyl (C=O) groups is 4. The van der Waals surface area contributed by atoms with Gasteiger partial charge in [-0.25, -0.2) is 23.9 Å². The zero-order valence-corrected chi connectivity index (χ0v) is 16.4. The molecule has 164 valence electrons. The highest BCUT2D eigenvalue weighted by molar-refractivity contribution is 5.95. The molecular weight excluding hydrogens is 414 g/mol. The van der Waals surface area contributed by atoms with Gasteiger partial charge < -0.3 is 29.5 Å². The minimum Gasteiger partial charge on any atom is -0.467 e. The number of nitrogens with zero attached hydrogens (tertiary/aromatic N) is 4. The quantitative estimate of drug-likeness (QED) is 0.386. The third kappa shape index (κ3) is 3.63. The van der Waals surface area contributed by atoms with Crippen molar-refractivity contribution < 1.29 is 38.1 Å². The minimum absolute atomic E-state index is 0.238. The number of cyclic esters (lactones) is 1. The molecule has 2 aliphatic rings. The van der Waals surface area contributed by atoms with Crippen molar-refractivity contribution in [3.63, 3.8) is 0 Å². The van der Waals surface area contributed by atoms with Crippen LogP contribution in [-0.2, 0) is 28.5 Å². The summed E-state index contributed by atoms with van der Waals surface area (Å²) in [6, 6.07) is 2.23. The van der Waals surface area contributed by atoms with Gasteiger partial charge in [0.2, 0.25) is 0 Å². The lowest BCUT2D eigenvalue weighted by Crippen LogP contribution is -2.45. The van der Waals surface area contributed by atoms with E-state index in [1.165, 1.54) is 6.33 Å². The molecular formula is C18H19N5O8. The molecule has 1 unspecified atom stereocenters. The maximum atomic E-state index is 12.4. The number of amides is 2. The fraction of sp³-hybridized carbons (Fsp3) is 0.444. The van der Waals surface area contributed by atoms with Crippen molar-refractivity contribution in [2.75, 3.05) is 26.1 Å². The van der Waals surface area contributed by atoms with Crippen molar-refractivity contribution in [2.45, 2.75) is 24.7 Å². The van der Waals surface area contributed by atoms with Crippen LogP contribution in [0.2, 0.25) is 0 Å². The first kappa shape index (κ1) is 20.5. The van der Waals surface area contributed by atoms with Crippen LogP contribution in [0.5, 0.6) is 0 Å². The topological polar surface area (TPSA) is 165 Å². The van der Waals surface area contributed by atoms with E-state index in [2.05, 4.69) is 14.8 Å². The number of rotatable bonds is 5. The minimum atomic E-state index is -1.22. The van der Waals surface area contributed by atoms with Crippen LogP contribution in [0, 0.1) is 5.92 Å². The summed E-state index contributed by atoms with van der Waals surface area (Å²) in [5.41, 5.74) is 7.01. The number of imide groups is 1. The molecule has 0 aliphatic carbocycles. The van der Waals surface area contributed by atoms with Gasteiger partial charge in [0.25, 0.3) is 0 Å². The summed E-state index contributed by atoms with van der Waals surface area (Å²) in [5.74, 6) is -1.04. The number of anilines is 1. The van der Waals surface area contributed by atoms with Crippen molar-refractivity contribution >= 4 is 35.8 Å². The molecule has 0 radical (unpaired) electrons. The number of aldehydes is 1. The van der Waals surface area contributed by atoms with Crippen molar-refractivity contribution in [3.8, 4) is 0 Å². The van der Waals surface area contributed by atoms with Crippen molar-refractivity contribution in [1.82, 2.24) is 19.5 Å². The summed E-state index contributed by atoms with van der Waals surface area (Å²) in [7, 11) is 1.13. The Morgan fingerprint density at radius 3 is 2.94 bits per heavy atom. The molecule has 2 aromatic heterocycles. The van der Waals surface area contributed by atoms with Crippen molar-refractivity contribution in [2.24, 2.45) is 5.92 Å². The zero-order valence-electron chi connectivity index (χ0n) is 16.4. The first-order chi connectivity index (χ1) is 14.9. The molecule has 0 saturated carbocycles. The maximum absolute atomic E-state index is 12.4. The number of hydrogen-bond acceptors (Lipinski definition) is 11. The molecule has 2 fully saturated rings. The number of nitrogen functional groups attached to an aromatic ring is 1. The number of carbonyl (C=O) groups excluding carboxylic acids is 4. The fourth-order valence-corrected chi connectivity index (χ4v) is 3.67. The normalized spacial score (nSPS) is 25.5. The van der Waals surface area contributed by atoms with Crippen LogP contribution in [0.1, 0.15) is 18.2 Å². The second-order valence-electron chi connectivity index (χ2n) is 6.98. The monoisotopic (exact) mass is 433 g/mol. The number of esters is 1. The van der Waals surface area contributed by atoms with Gasteiger partial charge in [-0.2, -0.15) is 10.00 Å². The van der Waals surface area contributed by atoms with Gasteiger partial charge in [0.05, 0.1) is 18.9 Å². The Hall–Kier alpha value is -3.74. The lowest BCUT2D eigenvalue weighted by Gasteiger charge is -2.19. The molecule has 4 heterocycles. The molecule has 0 aromatic carbocycles. The zero-order chi connectivity index (χ0) is 22.1. The molecule has 31 heavy (non-hydrogen) atoms. The predicted molar refractivity (Wildman–Crippen MR) is 99.5 cm³/mol. The van der Waals surface area contributed by atoms with Gasteiger partial charge in [-0.1, -0.05) is 0 Å². The average Bonchev–Trinajstić information content (AvgIpc) is 3.48.